The molecule has 1 aliphatic heterocycles. The average molecular weight is 507 g/mol. The number of hydrogen-bond acceptors (Lipinski definition) is 4. The van der Waals surface area contributed by atoms with Crippen molar-refractivity contribution in [3.8, 4) is 22.5 Å². The molecule has 0 atom stereocenters. The normalized spacial score (nSPS) is 14.6. The number of rotatable bonds is 8. The fourth-order valence-corrected chi connectivity index (χ4v) is 5.49. The second kappa shape index (κ2) is 10.3. The largest absolute Gasteiger partial charge is 0.352 e. The topological polar surface area (TPSA) is 73.5 Å². The zero-order valence-electron chi connectivity index (χ0n) is 21.6. The number of H-pyrrole nitrogens is 2. The second-order valence-corrected chi connectivity index (χ2v) is 9.94. The Kier molecular flexibility index (Phi) is 6.60. The van der Waals surface area contributed by atoms with Gasteiger partial charge in [0.1, 0.15) is 17.0 Å². The van der Waals surface area contributed by atoms with Gasteiger partial charge in [-0.15, -0.1) is 0 Å². The predicted octanol–water partition coefficient (Wildman–Crippen LogP) is 6.93. The highest BCUT2D eigenvalue weighted by atomic mass is 19.1. The molecule has 0 saturated carbocycles. The number of aryl methyl sites for hydroxylation is 1. The third-order valence-corrected chi connectivity index (χ3v) is 7.44. The Balaban J connectivity index is 1.35. The quantitative estimate of drug-likeness (QED) is 0.224. The van der Waals surface area contributed by atoms with Gasteiger partial charge in [0, 0.05) is 17.1 Å². The molecule has 0 aliphatic carbocycles. The number of fused-ring (bicyclic) bond motifs is 2. The molecule has 0 spiro atoms. The maximum Gasteiger partial charge on any atom is 0.135 e. The van der Waals surface area contributed by atoms with Crippen LogP contribution in [0.4, 0.5) is 4.39 Å². The lowest BCUT2D eigenvalue weighted by molar-refractivity contribution is 0.334. The number of allylic oxidation sites excluding steroid dienone is 3. The number of benzene rings is 1. The van der Waals surface area contributed by atoms with Gasteiger partial charge < -0.3 is 9.88 Å². The van der Waals surface area contributed by atoms with Gasteiger partial charge in [0.15, 0.2) is 0 Å². The van der Waals surface area contributed by atoms with E-state index in [0.29, 0.717) is 0 Å². The van der Waals surface area contributed by atoms with Gasteiger partial charge >= 0.3 is 0 Å². The first-order chi connectivity index (χ1) is 18.6. The smallest absolute Gasteiger partial charge is 0.135 e. The van der Waals surface area contributed by atoms with E-state index in [0.717, 1.165) is 80.7 Å². The van der Waals surface area contributed by atoms with E-state index >= 15 is 0 Å². The Labute approximate surface area is 221 Å². The van der Waals surface area contributed by atoms with Crippen molar-refractivity contribution >= 4 is 27.5 Å². The molecular formula is C31H31FN6. The Morgan fingerprint density at radius 1 is 1.11 bits per heavy atom. The molecule has 5 heterocycles. The number of nitrogens with zero attached hydrogens (tertiary/aromatic N) is 4. The van der Waals surface area contributed by atoms with Crippen LogP contribution in [0.25, 0.3) is 50.0 Å². The summed E-state index contributed by atoms with van der Waals surface area (Å²) in [5.74, 6) is -0.219. The molecule has 38 heavy (non-hydrogen) atoms. The Morgan fingerprint density at radius 2 is 1.97 bits per heavy atom. The highest BCUT2D eigenvalue weighted by Gasteiger charge is 2.17. The molecule has 192 valence electrons. The van der Waals surface area contributed by atoms with Crippen molar-refractivity contribution in [2.45, 2.75) is 32.6 Å². The third-order valence-electron chi connectivity index (χ3n) is 7.44. The van der Waals surface area contributed by atoms with Gasteiger partial charge in [0.25, 0.3) is 0 Å². The van der Waals surface area contributed by atoms with E-state index in [1.54, 1.807) is 24.4 Å². The minimum absolute atomic E-state index is 0.219. The summed E-state index contributed by atoms with van der Waals surface area (Å²) in [4.78, 5) is 15.3. The molecule has 4 aromatic heterocycles. The first kappa shape index (κ1) is 24.2. The summed E-state index contributed by atoms with van der Waals surface area (Å²) in [5, 5.41) is 8.62. The maximum absolute atomic E-state index is 14.7. The molecule has 1 fully saturated rings. The van der Waals surface area contributed by atoms with Crippen molar-refractivity contribution in [1.82, 2.24) is 30.0 Å². The van der Waals surface area contributed by atoms with Crippen molar-refractivity contribution in [2.24, 2.45) is 0 Å². The van der Waals surface area contributed by atoms with E-state index in [4.69, 9.17) is 4.98 Å². The molecule has 0 radical (unpaired) electrons. The van der Waals surface area contributed by atoms with Crippen LogP contribution in [-0.4, -0.2) is 49.7 Å². The first-order valence-corrected chi connectivity index (χ1v) is 13.3. The van der Waals surface area contributed by atoms with Crippen LogP contribution in [0.15, 0.2) is 67.5 Å². The minimum Gasteiger partial charge on any atom is -0.352 e. The second-order valence-electron chi connectivity index (χ2n) is 9.94. The summed E-state index contributed by atoms with van der Waals surface area (Å²) < 4.78 is 14.7. The SMILES string of the molecule is C=C/C(=C\C)c1ccc2[nH]nc(-c3cc4c(-c5cc(F)cc(CCCN6CCCC6)c5)cncc4[nH]3)c2n1. The number of nitrogens with one attached hydrogen (secondary N) is 2. The van der Waals surface area contributed by atoms with Gasteiger partial charge in [0.2, 0.25) is 0 Å². The van der Waals surface area contributed by atoms with E-state index in [-0.39, 0.29) is 5.82 Å². The molecule has 1 aliphatic rings. The van der Waals surface area contributed by atoms with Crippen LogP contribution >= 0.6 is 0 Å². The molecule has 7 heteroatoms. The zero-order valence-corrected chi connectivity index (χ0v) is 21.6. The van der Waals surface area contributed by atoms with Gasteiger partial charge in [-0.2, -0.15) is 5.10 Å². The van der Waals surface area contributed by atoms with Crippen molar-refractivity contribution in [3.05, 3.63) is 84.6 Å². The van der Waals surface area contributed by atoms with Crippen LogP contribution in [-0.2, 0) is 6.42 Å². The Bertz CT molecular complexity index is 1650. The van der Waals surface area contributed by atoms with Crippen LogP contribution < -0.4 is 0 Å². The molecule has 0 bridgehead atoms. The van der Waals surface area contributed by atoms with Gasteiger partial charge in [-0.1, -0.05) is 24.8 Å². The lowest BCUT2D eigenvalue weighted by Gasteiger charge is -2.14. The minimum atomic E-state index is -0.219. The van der Waals surface area contributed by atoms with Gasteiger partial charge in [-0.25, -0.2) is 9.37 Å². The van der Waals surface area contributed by atoms with Crippen molar-refractivity contribution in [3.63, 3.8) is 0 Å². The molecule has 6 rings (SSSR count). The molecule has 6 nitrogen and oxygen atoms in total. The van der Waals surface area contributed by atoms with E-state index in [1.165, 1.54) is 25.9 Å². The highest BCUT2D eigenvalue weighted by molar-refractivity contribution is 6.00. The van der Waals surface area contributed by atoms with E-state index in [2.05, 4.69) is 43.8 Å². The molecule has 2 N–H and O–H groups in total. The van der Waals surface area contributed by atoms with E-state index < -0.39 is 0 Å². The van der Waals surface area contributed by atoms with Crippen molar-refractivity contribution < 1.29 is 4.39 Å². The molecule has 1 saturated heterocycles. The summed E-state index contributed by atoms with van der Waals surface area (Å²) in [6, 6.07) is 11.3. The summed E-state index contributed by atoms with van der Waals surface area (Å²) in [7, 11) is 0. The van der Waals surface area contributed by atoms with Crippen LogP contribution in [0.5, 0.6) is 0 Å². The molecule has 0 unspecified atom stereocenters. The van der Waals surface area contributed by atoms with E-state index in [1.807, 2.05) is 31.3 Å². The Hall–Kier alpha value is -4.10. The Morgan fingerprint density at radius 3 is 2.79 bits per heavy atom. The first-order valence-electron chi connectivity index (χ1n) is 13.3. The number of hydrogen-bond donors (Lipinski definition) is 2. The lowest BCUT2D eigenvalue weighted by Crippen LogP contribution is -2.20. The van der Waals surface area contributed by atoms with Crippen LogP contribution in [0.2, 0.25) is 0 Å². The number of aromatic amines is 2. The standard InChI is InChI=1S/C31H31FN6/c1-3-21(4-2)26-9-10-27-30(35-26)31(37-36-27)28-17-24-25(18-33-19-29(24)34-28)22-14-20(15-23(32)16-22)8-7-13-38-11-5-6-12-38/h3-4,9-10,14-19,34H,1,5-8,11-13H2,2H3,(H,36,37)/b21-4+. The van der Waals surface area contributed by atoms with Gasteiger partial charge in [0.05, 0.1) is 28.6 Å². The van der Waals surface area contributed by atoms with Crippen molar-refractivity contribution in [1.29, 1.82) is 0 Å². The molecular weight excluding hydrogens is 475 g/mol. The molecule has 5 aromatic rings. The number of pyridine rings is 2. The average Bonchev–Trinajstić information content (AvgIpc) is 3.68. The van der Waals surface area contributed by atoms with Gasteiger partial charge in [-0.05, 0) is 99.3 Å². The summed E-state index contributed by atoms with van der Waals surface area (Å²) >= 11 is 0. The number of likely N-dealkylation sites (tertiary alicyclic amines) is 1. The van der Waals surface area contributed by atoms with Crippen LogP contribution in [0.3, 0.4) is 0 Å². The summed E-state index contributed by atoms with van der Waals surface area (Å²) in [6.45, 7) is 9.31. The fraction of sp³-hybridized carbons (Fsp3) is 0.258. The predicted molar refractivity (Wildman–Crippen MR) is 152 cm³/mol. The van der Waals surface area contributed by atoms with Crippen molar-refractivity contribution in [2.75, 3.05) is 19.6 Å². The lowest BCUT2D eigenvalue weighted by atomic mass is 9.99. The van der Waals surface area contributed by atoms with E-state index in [9.17, 15) is 4.39 Å². The number of halogens is 1. The fourth-order valence-electron chi connectivity index (χ4n) is 5.49. The zero-order chi connectivity index (χ0) is 26.1. The summed E-state index contributed by atoms with van der Waals surface area (Å²) in [5.41, 5.74) is 8.59. The summed E-state index contributed by atoms with van der Waals surface area (Å²) in [6.07, 6.45) is 11.9. The molecule has 1 aromatic carbocycles. The third kappa shape index (κ3) is 4.65. The number of aromatic nitrogens is 5. The van der Waals surface area contributed by atoms with Gasteiger partial charge in [-0.3, -0.25) is 10.1 Å². The van der Waals surface area contributed by atoms with Crippen LogP contribution in [0, 0.1) is 5.82 Å². The maximum atomic E-state index is 14.7. The van der Waals surface area contributed by atoms with Crippen LogP contribution in [0.1, 0.15) is 37.4 Å². The highest BCUT2D eigenvalue weighted by Crippen LogP contribution is 2.34. The monoisotopic (exact) mass is 506 g/mol. The molecule has 0 amide bonds.